The van der Waals surface area contributed by atoms with E-state index in [1.165, 1.54) is 0 Å². The standard InChI is InChI=1S/C12H14N6O/c1-7-3-5-8(6-4-7)9(19)15-12-17-10(13)16-11(14-2)18-12/h3-6H,1-2H3,(H4,13,14,15,16,17,18,19). The molecule has 2 aromatic rings. The fourth-order valence-corrected chi connectivity index (χ4v) is 1.44. The second kappa shape index (κ2) is 5.30. The van der Waals surface area contributed by atoms with Gasteiger partial charge < -0.3 is 11.1 Å². The monoisotopic (exact) mass is 258 g/mol. The van der Waals surface area contributed by atoms with Crippen LogP contribution in [0.4, 0.5) is 17.8 Å². The van der Waals surface area contributed by atoms with Crippen LogP contribution in [0.15, 0.2) is 24.3 Å². The molecule has 1 aromatic carbocycles. The smallest absolute Gasteiger partial charge is 0.258 e. The Hall–Kier alpha value is -2.70. The van der Waals surface area contributed by atoms with Gasteiger partial charge in [0.25, 0.3) is 5.91 Å². The zero-order chi connectivity index (χ0) is 13.8. The predicted octanol–water partition coefficient (Wildman–Crippen LogP) is 1.06. The molecule has 0 aliphatic heterocycles. The number of aromatic nitrogens is 3. The second-order valence-corrected chi connectivity index (χ2v) is 3.91. The van der Waals surface area contributed by atoms with Crippen LogP contribution in [0.1, 0.15) is 15.9 Å². The molecule has 19 heavy (non-hydrogen) atoms. The molecule has 4 N–H and O–H groups in total. The van der Waals surface area contributed by atoms with Crippen molar-refractivity contribution in [2.75, 3.05) is 23.4 Å². The number of nitrogens with one attached hydrogen (secondary N) is 2. The normalized spacial score (nSPS) is 10.0. The maximum atomic E-state index is 12.0. The van der Waals surface area contributed by atoms with Gasteiger partial charge in [-0.25, -0.2) is 0 Å². The number of carbonyl (C=O) groups is 1. The number of benzene rings is 1. The number of nitrogens with zero attached hydrogens (tertiary/aromatic N) is 3. The molecular formula is C12H14N6O. The van der Waals surface area contributed by atoms with Crippen LogP contribution in [0.3, 0.4) is 0 Å². The molecule has 0 bridgehead atoms. The Labute approximate surface area is 110 Å². The number of amides is 1. The van der Waals surface area contributed by atoms with Crippen molar-refractivity contribution in [3.8, 4) is 0 Å². The van der Waals surface area contributed by atoms with Crippen LogP contribution in [0.25, 0.3) is 0 Å². The van der Waals surface area contributed by atoms with E-state index in [2.05, 4.69) is 25.6 Å². The molecule has 0 fully saturated rings. The number of rotatable bonds is 3. The summed E-state index contributed by atoms with van der Waals surface area (Å²) in [5.74, 6) is 0.153. The van der Waals surface area contributed by atoms with E-state index in [4.69, 9.17) is 5.73 Å². The molecule has 2 rings (SSSR count). The van der Waals surface area contributed by atoms with Crippen LogP contribution in [0.5, 0.6) is 0 Å². The molecule has 0 aliphatic rings. The Morgan fingerprint density at radius 1 is 1.11 bits per heavy atom. The van der Waals surface area contributed by atoms with Crippen molar-refractivity contribution in [1.82, 2.24) is 15.0 Å². The van der Waals surface area contributed by atoms with Crippen LogP contribution in [0.2, 0.25) is 0 Å². The maximum absolute atomic E-state index is 12.0. The summed E-state index contributed by atoms with van der Waals surface area (Å²) in [5.41, 5.74) is 7.12. The average molecular weight is 258 g/mol. The minimum atomic E-state index is -0.298. The third-order valence-electron chi connectivity index (χ3n) is 2.42. The van der Waals surface area contributed by atoms with Gasteiger partial charge in [-0.15, -0.1) is 0 Å². The highest BCUT2D eigenvalue weighted by atomic mass is 16.1. The first-order valence-electron chi connectivity index (χ1n) is 5.66. The van der Waals surface area contributed by atoms with Crippen molar-refractivity contribution in [2.24, 2.45) is 0 Å². The molecule has 0 spiro atoms. The molecule has 98 valence electrons. The van der Waals surface area contributed by atoms with Gasteiger partial charge in [0.15, 0.2) is 0 Å². The SMILES string of the molecule is CNc1nc(N)nc(NC(=O)c2ccc(C)cc2)n1. The van der Waals surface area contributed by atoms with E-state index >= 15 is 0 Å². The molecule has 7 nitrogen and oxygen atoms in total. The second-order valence-electron chi connectivity index (χ2n) is 3.91. The van der Waals surface area contributed by atoms with Crippen molar-refractivity contribution < 1.29 is 4.79 Å². The summed E-state index contributed by atoms with van der Waals surface area (Å²) in [7, 11) is 1.65. The van der Waals surface area contributed by atoms with Crippen molar-refractivity contribution in [3.05, 3.63) is 35.4 Å². The van der Waals surface area contributed by atoms with Gasteiger partial charge in [-0.3, -0.25) is 10.1 Å². The molecular weight excluding hydrogens is 244 g/mol. The van der Waals surface area contributed by atoms with E-state index in [-0.39, 0.29) is 17.8 Å². The van der Waals surface area contributed by atoms with E-state index in [1.807, 2.05) is 19.1 Å². The van der Waals surface area contributed by atoms with E-state index in [0.29, 0.717) is 11.5 Å². The highest BCUT2D eigenvalue weighted by Crippen LogP contribution is 2.09. The largest absolute Gasteiger partial charge is 0.368 e. The molecule has 1 aromatic heterocycles. The van der Waals surface area contributed by atoms with Crippen LogP contribution in [-0.4, -0.2) is 27.9 Å². The van der Waals surface area contributed by atoms with Gasteiger partial charge in [0.05, 0.1) is 0 Å². The van der Waals surface area contributed by atoms with Gasteiger partial charge in [-0.05, 0) is 19.1 Å². The molecule has 0 aliphatic carbocycles. The lowest BCUT2D eigenvalue weighted by molar-refractivity contribution is 0.102. The first-order chi connectivity index (χ1) is 9.08. The summed E-state index contributed by atoms with van der Waals surface area (Å²) in [5, 5.41) is 5.31. The summed E-state index contributed by atoms with van der Waals surface area (Å²) >= 11 is 0. The van der Waals surface area contributed by atoms with Gasteiger partial charge in [-0.1, -0.05) is 17.7 Å². The maximum Gasteiger partial charge on any atom is 0.258 e. The first kappa shape index (κ1) is 12.7. The third kappa shape index (κ3) is 3.15. The van der Waals surface area contributed by atoms with E-state index in [1.54, 1.807) is 19.2 Å². The number of hydrogen-bond acceptors (Lipinski definition) is 6. The molecule has 1 heterocycles. The zero-order valence-corrected chi connectivity index (χ0v) is 10.6. The van der Waals surface area contributed by atoms with E-state index < -0.39 is 0 Å². The van der Waals surface area contributed by atoms with Crippen molar-refractivity contribution in [3.63, 3.8) is 0 Å². The number of anilines is 3. The fraction of sp³-hybridized carbons (Fsp3) is 0.167. The van der Waals surface area contributed by atoms with Crippen LogP contribution in [0, 0.1) is 6.92 Å². The zero-order valence-electron chi connectivity index (χ0n) is 10.6. The quantitative estimate of drug-likeness (QED) is 0.760. The number of aryl methyl sites for hydroxylation is 1. The Morgan fingerprint density at radius 2 is 1.74 bits per heavy atom. The number of carbonyl (C=O) groups excluding carboxylic acids is 1. The number of nitrogen functional groups attached to an aromatic ring is 1. The summed E-state index contributed by atoms with van der Waals surface area (Å²) in [6.07, 6.45) is 0. The highest BCUT2D eigenvalue weighted by molar-refractivity contribution is 6.03. The fourth-order valence-electron chi connectivity index (χ4n) is 1.44. The van der Waals surface area contributed by atoms with Gasteiger partial charge in [-0.2, -0.15) is 15.0 Å². The number of hydrogen-bond donors (Lipinski definition) is 3. The molecule has 0 saturated carbocycles. The van der Waals surface area contributed by atoms with Gasteiger partial charge in [0, 0.05) is 12.6 Å². The molecule has 0 saturated heterocycles. The van der Waals surface area contributed by atoms with Crippen LogP contribution in [-0.2, 0) is 0 Å². The lowest BCUT2D eigenvalue weighted by atomic mass is 10.1. The van der Waals surface area contributed by atoms with Crippen molar-refractivity contribution in [2.45, 2.75) is 6.92 Å². The van der Waals surface area contributed by atoms with Crippen LogP contribution >= 0.6 is 0 Å². The molecule has 0 atom stereocenters. The first-order valence-corrected chi connectivity index (χ1v) is 5.66. The summed E-state index contributed by atoms with van der Waals surface area (Å²) in [6, 6.07) is 7.17. The van der Waals surface area contributed by atoms with E-state index in [0.717, 1.165) is 5.56 Å². The van der Waals surface area contributed by atoms with Crippen molar-refractivity contribution in [1.29, 1.82) is 0 Å². The molecule has 0 radical (unpaired) electrons. The van der Waals surface area contributed by atoms with Gasteiger partial charge in [0.2, 0.25) is 17.8 Å². The summed E-state index contributed by atoms with van der Waals surface area (Å²) in [6.45, 7) is 1.95. The minimum Gasteiger partial charge on any atom is -0.368 e. The lowest BCUT2D eigenvalue weighted by Gasteiger charge is -2.06. The predicted molar refractivity (Wildman–Crippen MR) is 72.9 cm³/mol. The minimum absolute atomic E-state index is 0.0403. The van der Waals surface area contributed by atoms with Crippen LogP contribution < -0.4 is 16.4 Å². The lowest BCUT2D eigenvalue weighted by Crippen LogP contribution is -2.16. The Kier molecular flexibility index (Phi) is 3.56. The topological polar surface area (TPSA) is 106 Å². The summed E-state index contributed by atoms with van der Waals surface area (Å²) < 4.78 is 0. The Bertz CT molecular complexity index is 596. The molecule has 7 heteroatoms. The van der Waals surface area contributed by atoms with Gasteiger partial charge in [0.1, 0.15) is 0 Å². The number of nitrogens with two attached hydrogens (primary N) is 1. The molecule has 0 unspecified atom stereocenters. The Morgan fingerprint density at radius 3 is 2.37 bits per heavy atom. The molecule has 1 amide bonds. The average Bonchev–Trinajstić information content (AvgIpc) is 2.38. The third-order valence-corrected chi connectivity index (χ3v) is 2.42. The van der Waals surface area contributed by atoms with Crippen molar-refractivity contribution >= 4 is 23.8 Å². The Balaban J connectivity index is 2.18. The van der Waals surface area contributed by atoms with Gasteiger partial charge >= 0.3 is 0 Å². The highest BCUT2D eigenvalue weighted by Gasteiger charge is 2.09. The summed E-state index contributed by atoms with van der Waals surface area (Å²) in [4.78, 5) is 23.6. The van der Waals surface area contributed by atoms with E-state index in [9.17, 15) is 4.79 Å².